The second-order valence-corrected chi connectivity index (χ2v) is 5.62. The summed E-state index contributed by atoms with van der Waals surface area (Å²) in [4.78, 5) is 14.1. The minimum Gasteiger partial charge on any atom is -0.387 e. The average Bonchev–Trinajstić information content (AvgIpc) is 2.59. The van der Waals surface area contributed by atoms with Gasteiger partial charge in [0.25, 0.3) is 0 Å². The van der Waals surface area contributed by atoms with Crippen LogP contribution in [-0.4, -0.2) is 35.4 Å². The highest BCUT2D eigenvalue weighted by Crippen LogP contribution is 2.20. The minimum absolute atomic E-state index is 0.0500. The topological polar surface area (TPSA) is 40.5 Å². The van der Waals surface area contributed by atoms with Gasteiger partial charge in [-0.15, -0.1) is 0 Å². The number of aliphatic hydroxyl groups excluding tert-OH is 1. The van der Waals surface area contributed by atoms with Gasteiger partial charge in [-0.05, 0) is 19.5 Å². The van der Waals surface area contributed by atoms with Crippen LogP contribution in [0.15, 0.2) is 60.7 Å². The van der Waals surface area contributed by atoms with Crippen LogP contribution in [0, 0.1) is 0 Å². The molecule has 2 atom stereocenters. The molecule has 3 heteroatoms. The van der Waals surface area contributed by atoms with E-state index in [2.05, 4.69) is 0 Å². The summed E-state index contributed by atoms with van der Waals surface area (Å²) < 4.78 is 0. The van der Waals surface area contributed by atoms with Crippen molar-refractivity contribution >= 4 is 5.78 Å². The third kappa shape index (κ3) is 4.26. The van der Waals surface area contributed by atoms with Crippen LogP contribution in [0.25, 0.3) is 0 Å². The normalized spacial score (nSPS) is 13.8. The van der Waals surface area contributed by atoms with E-state index in [9.17, 15) is 9.90 Å². The Balaban J connectivity index is 1.89. The standard InChI is InChI=1S/C19H23NO2/c1-15(19(22)17-11-7-4-8-12-17)20(2)14-13-18(21)16-9-5-3-6-10-16/h3-12,15,19,22H,13-14H2,1-2H3/t15-,19-/m0/s1. The molecule has 2 rings (SSSR count). The van der Waals surface area contributed by atoms with Crippen LogP contribution in [0.3, 0.4) is 0 Å². The lowest BCUT2D eigenvalue weighted by Crippen LogP contribution is -2.35. The monoisotopic (exact) mass is 297 g/mol. The average molecular weight is 297 g/mol. The molecule has 0 saturated heterocycles. The van der Waals surface area contributed by atoms with E-state index in [1.165, 1.54) is 0 Å². The molecule has 0 unspecified atom stereocenters. The van der Waals surface area contributed by atoms with Gasteiger partial charge in [0.1, 0.15) is 0 Å². The number of carbonyl (C=O) groups excluding carboxylic acids is 1. The fourth-order valence-corrected chi connectivity index (χ4v) is 2.42. The van der Waals surface area contributed by atoms with Gasteiger partial charge in [-0.1, -0.05) is 60.7 Å². The predicted molar refractivity (Wildman–Crippen MR) is 88.9 cm³/mol. The van der Waals surface area contributed by atoms with Crippen molar-refractivity contribution < 1.29 is 9.90 Å². The van der Waals surface area contributed by atoms with Crippen molar-refractivity contribution in [3.8, 4) is 0 Å². The van der Waals surface area contributed by atoms with E-state index >= 15 is 0 Å². The number of hydrogen-bond acceptors (Lipinski definition) is 3. The molecule has 3 nitrogen and oxygen atoms in total. The number of rotatable bonds is 7. The Morgan fingerprint density at radius 2 is 1.59 bits per heavy atom. The van der Waals surface area contributed by atoms with Gasteiger partial charge in [0.2, 0.25) is 0 Å². The summed E-state index contributed by atoms with van der Waals surface area (Å²) in [6.45, 7) is 2.60. The summed E-state index contributed by atoms with van der Waals surface area (Å²) in [6.07, 6.45) is -0.107. The number of likely N-dealkylation sites (N-methyl/N-ethyl adjacent to an activating group) is 1. The minimum atomic E-state index is -0.557. The summed E-state index contributed by atoms with van der Waals surface area (Å²) in [5, 5.41) is 10.4. The number of nitrogens with zero attached hydrogens (tertiary/aromatic N) is 1. The quantitative estimate of drug-likeness (QED) is 0.797. The van der Waals surface area contributed by atoms with E-state index in [1.807, 2.05) is 79.5 Å². The van der Waals surface area contributed by atoms with Crippen LogP contribution < -0.4 is 0 Å². The highest BCUT2D eigenvalue weighted by Gasteiger charge is 2.20. The summed E-state index contributed by atoms with van der Waals surface area (Å²) >= 11 is 0. The zero-order chi connectivity index (χ0) is 15.9. The van der Waals surface area contributed by atoms with Crippen molar-refractivity contribution in [1.29, 1.82) is 0 Å². The van der Waals surface area contributed by atoms with Gasteiger partial charge in [-0.3, -0.25) is 4.79 Å². The molecule has 2 aromatic carbocycles. The molecule has 0 amide bonds. The van der Waals surface area contributed by atoms with E-state index < -0.39 is 6.10 Å². The molecule has 0 aliphatic heterocycles. The van der Waals surface area contributed by atoms with Gasteiger partial charge in [0.15, 0.2) is 5.78 Å². The smallest absolute Gasteiger partial charge is 0.164 e. The molecule has 0 spiro atoms. The molecule has 1 N–H and O–H groups in total. The van der Waals surface area contributed by atoms with Gasteiger partial charge in [0, 0.05) is 24.6 Å². The maximum atomic E-state index is 12.1. The Morgan fingerprint density at radius 1 is 1.05 bits per heavy atom. The van der Waals surface area contributed by atoms with Crippen LogP contribution in [0.1, 0.15) is 35.4 Å². The molecule has 0 aliphatic carbocycles. The Hall–Kier alpha value is -1.97. The third-order valence-electron chi connectivity index (χ3n) is 4.08. The van der Waals surface area contributed by atoms with Crippen molar-refractivity contribution in [3.63, 3.8) is 0 Å². The van der Waals surface area contributed by atoms with Gasteiger partial charge >= 0.3 is 0 Å². The van der Waals surface area contributed by atoms with Crippen LogP contribution >= 0.6 is 0 Å². The third-order valence-corrected chi connectivity index (χ3v) is 4.08. The van der Waals surface area contributed by atoms with Crippen molar-refractivity contribution in [2.75, 3.05) is 13.6 Å². The van der Waals surface area contributed by atoms with Gasteiger partial charge in [0.05, 0.1) is 6.10 Å². The van der Waals surface area contributed by atoms with E-state index in [0.717, 1.165) is 11.1 Å². The largest absolute Gasteiger partial charge is 0.387 e. The first-order valence-electron chi connectivity index (χ1n) is 7.61. The number of benzene rings is 2. The first kappa shape index (κ1) is 16.4. The molecule has 22 heavy (non-hydrogen) atoms. The molecule has 0 bridgehead atoms. The molecular weight excluding hydrogens is 274 g/mol. The maximum Gasteiger partial charge on any atom is 0.164 e. The van der Waals surface area contributed by atoms with Crippen molar-refractivity contribution in [1.82, 2.24) is 4.90 Å². The highest BCUT2D eigenvalue weighted by molar-refractivity contribution is 5.96. The molecule has 0 heterocycles. The van der Waals surface area contributed by atoms with Crippen LogP contribution in [0.2, 0.25) is 0 Å². The van der Waals surface area contributed by atoms with E-state index in [1.54, 1.807) is 0 Å². The molecular formula is C19H23NO2. The first-order chi connectivity index (χ1) is 10.6. The summed E-state index contributed by atoms with van der Waals surface area (Å²) in [5.74, 6) is 0.133. The van der Waals surface area contributed by atoms with Crippen molar-refractivity contribution in [2.24, 2.45) is 0 Å². The number of carbonyl (C=O) groups is 1. The Bertz CT molecular complexity index is 583. The highest BCUT2D eigenvalue weighted by atomic mass is 16.3. The molecule has 0 aromatic heterocycles. The van der Waals surface area contributed by atoms with Gasteiger partial charge in [-0.2, -0.15) is 0 Å². The molecule has 0 fully saturated rings. The zero-order valence-electron chi connectivity index (χ0n) is 13.1. The second kappa shape index (κ2) is 7.87. The number of Topliss-reactive ketones (excluding diaryl/α,β-unsaturated/α-hetero) is 1. The molecule has 0 radical (unpaired) electrons. The first-order valence-corrected chi connectivity index (χ1v) is 7.61. The summed E-state index contributed by atoms with van der Waals surface area (Å²) in [5.41, 5.74) is 1.64. The number of ketones is 1. The lowest BCUT2D eigenvalue weighted by molar-refractivity contribution is 0.0688. The van der Waals surface area contributed by atoms with E-state index in [4.69, 9.17) is 0 Å². The Labute approximate surface area is 132 Å². The number of hydrogen-bond donors (Lipinski definition) is 1. The van der Waals surface area contributed by atoms with Crippen LogP contribution in [0.4, 0.5) is 0 Å². The van der Waals surface area contributed by atoms with Gasteiger partial charge in [-0.25, -0.2) is 0 Å². The summed E-state index contributed by atoms with van der Waals surface area (Å²) in [6, 6.07) is 18.9. The van der Waals surface area contributed by atoms with Crippen molar-refractivity contribution in [2.45, 2.75) is 25.5 Å². The maximum absolute atomic E-state index is 12.1. The molecule has 0 saturated carbocycles. The fourth-order valence-electron chi connectivity index (χ4n) is 2.42. The zero-order valence-corrected chi connectivity index (χ0v) is 13.1. The van der Waals surface area contributed by atoms with Crippen molar-refractivity contribution in [3.05, 3.63) is 71.8 Å². The predicted octanol–water partition coefficient (Wildman–Crippen LogP) is 3.31. The lowest BCUT2D eigenvalue weighted by Gasteiger charge is -2.29. The Kier molecular flexibility index (Phi) is 5.87. The van der Waals surface area contributed by atoms with E-state index in [0.29, 0.717) is 13.0 Å². The second-order valence-electron chi connectivity index (χ2n) is 5.62. The van der Waals surface area contributed by atoms with E-state index in [-0.39, 0.29) is 11.8 Å². The number of aliphatic hydroxyl groups is 1. The molecule has 2 aromatic rings. The Morgan fingerprint density at radius 3 is 2.18 bits per heavy atom. The molecule has 116 valence electrons. The summed E-state index contributed by atoms with van der Waals surface area (Å²) in [7, 11) is 1.94. The SMILES string of the molecule is C[C@@H]([C@H](O)c1ccccc1)N(C)CCC(=O)c1ccccc1. The lowest BCUT2D eigenvalue weighted by atomic mass is 10.0. The van der Waals surface area contributed by atoms with Crippen LogP contribution in [-0.2, 0) is 0 Å². The fraction of sp³-hybridized carbons (Fsp3) is 0.316. The van der Waals surface area contributed by atoms with Crippen LogP contribution in [0.5, 0.6) is 0 Å². The van der Waals surface area contributed by atoms with Gasteiger partial charge < -0.3 is 10.0 Å². The molecule has 0 aliphatic rings.